The summed E-state index contributed by atoms with van der Waals surface area (Å²) in [6, 6.07) is 14.8. The molecule has 6 heteroatoms. The van der Waals surface area contributed by atoms with E-state index in [1.165, 1.54) is 22.3 Å². The SMILES string of the molecule is COc1ccc(OC)c2nc3c(cc12)CCCCc1cc2cc4c(nc2nc1-3)-c1ncccc1CC4. The van der Waals surface area contributed by atoms with Crippen molar-refractivity contribution in [1.82, 2.24) is 19.9 Å². The number of ether oxygens (including phenoxy) is 2. The van der Waals surface area contributed by atoms with Crippen molar-refractivity contribution in [3.8, 4) is 34.3 Å². The molecule has 0 spiro atoms. The van der Waals surface area contributed by atoms with Crippen LogP contribution in [0, 0.1) is 0 Å². The van der Waals surface area contributed by atoms with Crippen LogP contribution >= 0.6 is 0 Å². The Bertz CT molecular complexity index is 1680. The average molecular weight is 475 g/mol. The second-order valence-corrected chi connectivity index (χ2v) is 9.62. The lowest BCUT2D eigenvalue weighted by molar-refractivity contribution is 0.409. The molecule has 0 radical (unpaired) electrons. The second-order valence-electron chi connectivity index (χ2n) is 9.62. The Labute approximate surface area is 209 Å². The van der Waals surface area contributed by atoms with Crippen molar-refractivity contribution in [2.75, 3.05) is 14.2 Å². The Morgan fingerprint density at radius 1 is 0.639 bits per heavy atom. The average Bonchev–Trinajstić information content (AvgIpc) is 2.91. The fraction of sp³-hybridized carbons (Fsp3) is 0.267. The molecule has 2 aliphatic rings. The van der Waals surface area contributed by atoms with Gasteiger partial charge in [-0.15, -0.1) is 0 Å². The Hall–Kier alpha value is -4.06. The lowest BCUT2D eigenvalue weighted by Crippen LogP contribution is -2.09. The van der Waals surface area contributed by atoms with Crippen LogP contribution in [-0.4, -0.2) is 34.2 Å². The molecule has 0 saturated carbocycles. The highest BCUT2D eigenvalue weighted by Crippen LogP contribution is 2.39. The van der Waals surface area contributed by atoms with Crippen LogP contribution in [0.1, 0.15) is 35.1 Å². The molecule has 36 heavy (non-hydrogen) atoms. The van der Waals surface area contributed by atoms with Crippen LogP contribution in [0.4, 0.5) is 0 Å². The highest BCUT2D eigenvalue weighted by atomic mass is 16.5. The number of fused-ring (bicyclic) bond motifs is 8. The summed E-state index contributed by atoms with van der Waals surface area (Å²) in [5.74, 6) is 1.53. The summed E-state index contributed by atoms with van der Waals surface area (Å²) in [5.41, 5.74) is 10.2. The van der Waals surface area contributed by atoms with E-state index in [-0.39, 0.29) is 0 Å². The van der Waals surface area contributed by atoms with Crippen molar-refractivity contribution < 1.29 is 9.47 Å². The lowest BCUT2D eigenvalue weighted by Gasteiger charge is -2.21. The van der Waals surface area contributed by atoms with Crippen LogP contribution in [-0.2, 0) is 25.7 Å². The molecule has 0 bridgehead atoms. The third kappa shape index (κ3) is 3.24. The zero-order chi connectivity index (χ0) is 24.2. The number of pyridine rings is 4. The molecule has 0 aliphatic heterocycles. The van der Waals surface area contributed by atoms with E-state index in [0.29, 0.717) is 0 Å². The predicted octanol–water partition coefficient (Wildman–Crippen LogP) is 5.90. The zero-order valence-electron chi connectivity index (χ0n) is 20.5. The monoisotopic (exact) mass is 474 g/mol. The number of aryl methyl sites for hydroxylation is 4. The Kier molecular flexibility index (Phi) is 4.87. The van der Waals surface area contributed by atoms with Gasteiger partial charge in [-0.25, -0.2) is 15.0 Å². The summed E-state index contributed by atoms with van der Waals surface area (Å²) in [5, 5.41) is 2.06. The summed E-state index contributed by atoms with van der Waals surface area (Å²) < 4.78 is 11.3. The highest BCUT2D eigenvalue weighted by molar-refractivity contribution is 5.93. The van der Waals surface area contributed by atoms with Crippen LogP contribution in [0.15, 0.2) is 48.7 Å². The number of hydrogen-bond donors (Lipinski definition) is 0. The number of methoxy groups -OCH3 is 2. The molecule has 4 aromatic heterocycles. The van der Waals surface area contributed by atoms with Gasteiger partial charge in [0.25, 0.3) is 0 Å². The summed E-state index contributed by atoms with van der Waals surface area (Å²) in [6.45, 7) is 0. The topological polar surface area (TPSA) is 70.0 Å². The minimum Gasteiger partial charge on any atom is -0.496 e. The number of aromatic nitrogens is 4. The van der Waals surface area contributed by atoms with Gasteiger partial charge >= 0.3 is 0 Å². The molecule has 0 unspecified atom stereocenters. The van der Waals surface area contributed by atoms with Crippen molar-refractivity contribution >= 4 is 21.9 Å². The summed E-state index contributed by atoms with van der Waals surface area (Å²) in [7, 11) is 3.37. The fourth-order valence-corrected chi connectivity index (χ4v) is 5.73. The molecule has 2 aliphatic carbocycles. The van der Waals surface area contributed by atoms with Gasteiger partial charge in [-0.3, -0.25) is 4.98 Å². The molecular weight excluding hydrogens is 448 g/mol. The van der Waals surface area contributed by atoms with Crippen LogP contribution in [0.3, 0.4) is 0 Å². The van der Waals surface area contributed by atoms with E-state index in [9.17, 15) is 0 Å². The van der Waals surface area contributed by atoms with Crippen LogP contribution < -0.4 is 9.47 Å². The maximum atomic E-state index is 5.67. The van der Waals surface area contributed by atoms with Crippen LogP contribution in [0.2, 0.25) is 0 Å². The van der Waals surface area contributed by atoms with Crippen molar-refractivity contribution in [2.24, 2.45) is 0 Å². The van der Waals surface area contributed by atoms with E-state index in [1.807, 2.05) is 24.4 Å². The maximum Gasteiger partial charge on any atom is 0.160 e. The van der Waals surface area contributed by atoms with Gasteiger partial charge in [-0.1, -0.05) is 6.07 Å². The molecule has 6 nitrogen and oxygen atoms in total. The molecule has 0 atom stereocenters. The van der Waals surface area contributed by atoms with Crippen molar-refractivity contribution in [3.05, 3.63) is 70.9 Å². The number of benzene rings is 1. The van der Waals surface area contributed by atoms with Gasteiger partial charge in [0.15, 0.2) is 5.65 Å². The third-order valence-electron chi connectivity index (χ3n) is 7.53. The summed E-state index contributed by atoms with van der Waals surface area (Å²) in [4.78, 5) is 20.1. The quantitative estimate of drug-likeness (QED) is 0.317. The molecule has 0 fully saturated rings. The maximum absolute atomic E-state index is 5.67. The fourth-order valence-electron chi connectivity index (χ4n) is 5.73. The van der Waals surface area contributed by atoms with E-state index in [1.54, 1.807) is 14.2 Å². The van der Waals surface area contributed by atoms with Gasteiger partial charge in [0.2, 0.25) is 0 Å². The largest absolute Gasteiger partial charge is 0.496 e. The van der Waals surface area contributed by atoms with Crippen LogP contribution in [0.5, 0.6) is 11.5 Å². The highest BCUT2D eigenvalue weighted by Gasteiger charge is 2.23. The molecular formula is C30H26N4O2. The van der Waals surface area contributed by atoms with Crippen molar-refractivity contribution in [3.63, 3.8) is 0 Å². The Balaban J connectivity index is 1.49. The Morgan fingerprint density at radius 3 is 2.06 bits per heavy atom. The Morgan fingerprint density at radius 2 is 1.28 bits per heavy atom. The lowest BCUT2D eigenvalue weighted by atomic mass is 9.90. The molecule has 178 valence electrons. The van der Waals surface area contributed by atoms with E-state index < -0.39 is 0 Å². The third-order valence-corrected chi connectivity index (χ3v) is 7.53. The molecule has 7 rings (SSSR count). The first-order valence-electron chi connectivity index (χ1n) is 12.6. The van der Waals surface area contributed by atoms with Gasteiger partial charge in [0.1, 0.15) is 17.0 Å². The summed E-state index contributed by atoms with van der Waals surface area (Å²) in [6.07, 6.45) is 7.97. The summed E-state index contributed by atoms with van der Waals surface area (Å²) >= 11 is 0. The van der Waals surface area contributed by atoms with E-state index in [0.717, 1.165) is 94.7 Å². The first kappa shape index (κ1) is 21.2. The van der Waals surface area contributed by atoms with E-state index in [2.05, 4.69) is 29.2 Å². The zero-order valence-corrected chi connectivity index (χ0v) is 20.5. The molecule has 0 N–H and O–H groups in total. The standard InChI is InChI=1S/C30H26N4O2/c1-35-23-11-12-24(36-2)29-22(23)16-19-7-4-3-6-18-14-21-15-20-10-9-17-8-5-13-31-25(17)26(20)33-30(21)34-28(18)27(19)32-29/h5,8,11-16H,3-4,6-7,9-10H2,1-2H3. The predicted molar refractivity (Wildman–Crippen MR) is 141 cm³/mol. The van der Waals surface area contributed by atoms with Gasteiger partial charge in [0, 0.05) is 17.0 Å². The minimum absolute atomic E-state index is 0.730. The smallest absolute Gasteiger partial charge is 0.160 e. The molecule has 0 amide bonds. The van der Waals surface area contributed by atoms with Crippen molar-refractivity contribution in [1.29, 1.82) is 0 Å². The van der Waals surface area contributed by atoms with Crippen molar-refractivity contribution in [2.45, 2.75) is 38.5 Å². The van der Waals surface area contributed by atoms with E-state index >= 15 is 0 Å². The van der Waals surface area contributed by atoms with E-state index in [4.69, 9.17) is 24.4 Å². The van der Waals surface area contributed by atoms with Gasteiger partial charge < -0.3 is 9.47 Å². The molecule has 5 aromatic rings. The number of nitrogens with zero attached hydrogens (tertiary/aromatic N) is 4. The van der Waals surface area contributed by atoms with Gasteiger partial charge in [0.05, 0.1) is 37.0 Å². The van der Waals surface area contributed by atoms with Gasteiger partial charge in [-0.05, 0) is 97.2 Å². The number of rotatable bonds is 2. The molecule has 0 saturated heterocycles. The molecule has 1 aromatic carbocycles. The first-order chi connectivity index (χ1) is 17.7. The van der Waals surface area contributed by atoms with Crippen LogP contribution in [0.25, 0.3) is 44.7 Å². The normalized spacial score (nSPS) is 14.3. The second kappa shape index (κ2) is 8.26. The van der Waals surface area contributed by atoms with Gasteiger partial charge in [-0.2, -0.15) is 0 Å². The number of hydrogen-bond acceptors (Lipinski definition) is 6. The first-order valence-corrected chi connectivity index (χ1v) is 12.6. The minimum atomic E-state index is 0.730. The molecule has 4 heterocycles.